The maximum Gasteiger partial charge on any atom is 0.0649 e. The second kappa shape index (κ2) is 4.57. The van der Waals surface area contributed by atoms with Crippen LogP contribution in [0.2, 0.25) is 0 Å². The average molecular weight is 269 g/mol. The highest BCUT2D eigenvalue weighted by atomic mass is 32.2. The maximum absolute atomic E-state index is 5.31. The summed E-state index contributed by atoms with van der Waals surface area (Å²) >= 11 is 3.91. The van der Waals surface area contributed by atoms with Crippen molar-refractivity contribution in [2.45, 2.75) is 35.8 Å². The minimum Gasteiger partial charge on any atom is -0.380 e. The van der Waals surface area contributed by atoms with Crippen LogP contribution in [0.15, 0.2) is 15.7 Å². The molecule has 0 radical (unpaired) electrons. The quantitative estimate of drug-likeness (QED) is 0.909. The van der Waals surface area contributed by atoms with Gasteiger partial charge in [-0.3, -0.25) is 0 Å². The minimum absolute atomic E-state index is 0.365. The van der Waals surface area contributed by atoms with Gasteiger partial charge in [-0.2, -0.15) is 0 Å². The van der Waals surface area contributed by atoms with Crippen LogP contribution >= 0.6 is 23.1 Å². The molecule has 94 valence electrons. The van der Waals surface area contributed by atoms with Gasteiger partial charge in [-0.1, -0.05) is 13.8 Å². The number of rotatable bonds is 3. The van der Waals surface area contributed by atoms with E-state index in [1.165, 1.54) is 16.2 Å². The number of thioether (sulfide) groups is 1. The third kappa shape index (κ3) is 2.41. The van der Waals surface area contributed by atoms with Crippen molar-refractivity contribution < 1.29 is 4.74 Å². The van der Waals surface area contributed by atoms with Gasteiger partial charge in [0.2, 0.25) is 0 Å². The lowest BCUT2D eigenvalue weighted by atomic mass is 9.88. The lowest BCUT2D eigenvalue weighted by molar-refractivity contribution is -0.100. The summed E-state index contributed by atoms with van der Waals surface area (Å²) in [6.07, 6.45) is 1.24. The van der Waals surface area contributed by atoms with Gasteiger partial charge in [0.05, 0.1) is 17.4 Å². The standard InChI is InChI=1S/C13H19NOS2/c1-9-5-11(10-3-4-16-12(10)17-9)14-6-13(2)7-15-8-13/h3-4,9,11,14H,5-8H2,1-2H3/t9-,11?/m0/s1. The number of hydrogen-bond donors (Lipinski definition) is 1. The smallest absolute Gasteiger partial charge is 0.0649 e. The summed E-state index contributed by atoms with van der Waals surface area (Å²) in [6.45, 7) is 7.53. The van der Waals surface area contributed by atoms with Crippen molar-refractivity contribution in [1.29, 1.82) is 0 Å². The lowest BCUT2D eigenvalue weighted by Gasteiger charge is -2.40. The van der Waals surface area contributed by atoms with Crippen molar-refractivity contribution in [3.05, 3.63) is 17.0 Å². The van der Waals surface area contributed by atoms with Gasteiger partial charge < -0.3 is 10.1 Å². The molecule has 0 aromatic carbocycles. The van der Waals surface area contributed by atoms with E-state index in [4.69, 9.17) is 4.74 Å². The van der Waals surface area contributed by atoms with E-state index >= 15 is 0 Å². The van der Waals surface area contributed by atoms with Gasteiger partial charge in [0.15, 0.2) is 0 Å². The van der Waals surface area contributed by atoms with Crippen molar-refractivity contribution >= 4 is 23.1 Å². The summed E-state index contributed by atoms with van der Waals surface area (Å²) in [5.74, 6) is 0. The number of hydrogen-bond acceptors (Lipinski definition) is 4. The Bertz CT molecular complexity index is 400. The summed E-state index contributed by atoms with van der Waals surface area (Å²) in [5, 5.41) is 6.70. The van der Waals surface area contributed by atoms with Crippen LogP contribution in [0.5, 0.6) is 0 Å². The summed E-state index contributed by atoms with van der Waals surface area (Å²) in [4.78, 5) is 0. The van der Waals surface area contributed by atoms with Crippen LogP contribution in [0.1, 0.15) is 31.9 Å². The molecule has 2 nitrogen and oxygen atoms in total. The molecule has 0 aliphatic carbocycles. The Morgan fingerprint density at radius 2 is 2.35 bits per heavy atom. The fraction of sp³-hybridized carbons (Fsp3) is 0.692. The maximum atomic E-state index is 5.31. The third-order valence-electron chi connectivity index (χ3n) is 3.59. The van der Waals surface area contributed by atoms with Crippen molar-refractivity contribution in [1.82, 2.24) is 5.32 Å². The van der Waals surface area contributed by atoms with E-state index in [2.05, 4.69) is 30.6 Å². The molecule has 0 spiro atoms. The van der Waals surface area contributed by atoms with Crippen molar-refractivity contribution in [3.63, 3.8) is 0 Å². The van der Waals surface area contributed by atoms with Crippen LogP contribution in [-0.2, 0) is 4.74 Å². The van der Waals surface area contributed by atoms with Gasteiger partial charge in [-0.15, -0.1) is 23.1 Å². The minimum atomic E-state index is 0.365. The largest absolute Gasteiger partial charge is 0.380 e. The molecule has 3 rings (SSSR count). The lowest BCUT2D eigenvalue weighted by Crippen LogP contribution is -2.48. The SMILES string of the molecule is C[C@H]1CC(NCC2(C)COC2)c2ccsc2S1. The van der Waals surface area contributed by atoms with E-state index in [1.807, 2.05) is 23.1 Å². The molecule has 1 fully saturated rings. The predicted molar refractivity (Wildman–Crippen MR) is 73.9 cm³/mol. The van der Waals surface area contributed by atoms with E-state index in [1.54, 1.807) is 0 Å². The van der Waals surface area contributed by atoms with Gasteiger partial charge >= 0.3 is 0 Å². The van der Waals surface area contributed by atoms with Gasteiger partial charge in [-0.25, -0.2) is 0 Å². The van der Waals surface area contributed by atoms with Gasteiger partial charge in [0, 0.05) is 23.3 Å². The van der Waals surface area contributed by atoms with E-state index in [0.29, 0.717) is 11.5 Å². The second-order valence-corrected chi connectivity index (χ2v) is 8.19. The molecule has 2 aliphatic heterocycles. The number of ether oxygens (including phenoxy) is 1. The molecule has 0 bridgehead atoms. The van der Waals surface area contributed by atoms with Crippen LogP contribution in [0.3, 0.4) is 0 Å². The molecule has 2 atom stereocenters. The van der Waals surface area contributed by atoms with Gasteiger partial charge in [0.1, 0.15) is 0 Å². The highest BCUT2D eigenvalue weighted by Crippen LogP contribution is 2.44. The zero-order valence-corrected chi connectivity index (χ0v) is 12.0. The molecule has 1 unspecified atom stereocenters. The van der Waals surface area contributed by atoms with Crippen LogP contribution in [0.25, 0.3) is 0 Å². The molecule has 17 heavy (non-hydrogen) atoms. The summed E-state index contributed by atoms with van der Waals surface area (Å²) in [7, 11) is 0. The second-order valence-electron chi connectivity index (χ2n) is 5.56. The van der Waals surface area contributed by atoms with E-state index < -0.39 is 0 Å². The Labute approximate surface area is 111 Å². The summed E-state index contributed by atoms with van der Waals surface area (Å²) in [5.41, 5.74) is 1.88. The zero-order valence-electron chi connectivity index (χ0n) is 10.4. The Balaban J connectivity index is 1.67. The van der Waals surface area contributed by atoms with Gasteiger partial charge in [-0.05, 0) is 23.4 Å². The molecule has 1 saturated heterocycles. The van der Waals surface area contributed by atoms with E-state index in [-0.39, 0.29) is 0 Å². The highest BCUT2D eigenvalue weighted by Gasteiger charge is 2.35. The van der Waals surface area contributed by atoms with Crippen molar-refractivity contribution in [2.24, 2.45) is 5.41 Å². The van der Waals surface area contributed by atoms with Gasteiger partial charge in [0.25, 0.3) is 0 Å². The molecule has 3 heterocycles. The normalized spacial score (nSPS) is 30.7. The summed E-state index contributed by atoms with van der Waals surface area (Å²) in [6, 6.07) is 2.83. The molecule has 0 amide bonds. The van der Waals surface area contributed by atoms with E-state index in [0.717, 1.165) is 25.0 Å². The highest BCUT2D eigenvalue weighted by molar-refractivity contribution is 8.01. The van der Waals surface area contributed by atoms with Crippen LogP contribution in [0, 0.1) is 5.41 Å². The first-order chi connectivity index (χ1) is 8.16. The fourth-order valence-corrected chi connectivity index (χ4v) is 5.03. The molecule has 0 saturated carbocycles. The number of thiophene rings is 1. The first kappa shape index (κ1) is 12.0. The number of nitrogens with one attached hydrogen (secondary N) is 1. The van der Waals surface area contributed by atoms with Crippen LogP contribution in [-0.4, -0.2) is 25.0 Å². The first-order valence-corrected chi connectivity index (χ1v) is 7.97. The monoisotopic (exact) mass is 269 g/mol. The first-order valence-electron chi connectivity index (χ1n) is 6.21. The molecule has 4 heteroatoms. The third-order valence-corrected chi connectivity index (χ3v) is 5.93. The van der Waals surface area contributed by atoms with Crippen LogP contribution in [0.4, 0.5) is 0 Å². The fourth-order valence-electron chi connectivity index (χ4n) is 2.46. The molecule has 1 N–H and O–H groups in total. The molecule has 1 aromatic rings. The van der Waals surface area contributed by atoms with Crippen LogP contribution < -0.4 is 5.32 Å². The Hall–Kier alpha value is -0.0300. The van der Waals surface area contributed by atoms with E-state index in [9.17, 15) is 0 Å². The molecular formula is C13H19NOS2. The predicted octanol–water partition coefficient (Wildman–Crippen LogP) is 3.30. The Morgan fingerprint density at radius 1 is 1.53 bits per heavy atom. The molecular weight excluding hydrogens is 250 g/mol. The Kier molecular flexibility index (Phi) is 3.24. The number of fused-ring (bicyclic) bond motifs is 1. The van der Waals surface area contributed by atoms with Crippen molar-refractivity contribution in [3.8, 4) is 0 Å². The zero-order chi connectivity index (χ0) is 11.9. The molecule has 2 aliphatic rings. The topological polar surface area (TPSA) is 21.3 Å². The molecule has 1 aromatic heterocycles. The Morgan fingerprint density at radius 3 is 3.06 bits per heavy atom. The average Bonchev–Trinajstić information content (AvgIpc) is 2.71. The summed E-state index contributed by atoms with van der Waals surface area (Å²) < 4.78 is 6.82. The van der Waals surface area contributed by atoms with Crippen molar-refractivity contribution in [2.75, 3.05) is 19.8 Å².